The Bertz CT molecular complexity index is 1170. The molecule has 1 saturated heterocycles. The lowest BCUT2D eigenvalue weighted by Gasteiger charge is -2.37. The zero-order chi connectivity index (χ0) is 23.4. The second-order valence-electron chi connectivity index (χ2n) is 8.16. The van der Waals surface area contributed by atoms with Crippen LogP contribution < -0.4 is 0 Å². The number of piperazine rings is 1. The number of benzene rings is 2. The summed E-state index contributed by atoms with van der Waals surface area (Å²) in [7, 11) is 0. The Morgan fingerprint density at radius 3 is 2.42 bits per heavy atom. The summed E-state index contributed by atoms with van der Waals surface area (Å²) >= 11 is 0. The number of aliphatic carboxylic acids is 2. The summed E-state index contributed by atoms with van der Waals surface area (Å²) in [5.41, 5.74) is 2.00. The molecule has 2 aromatic carbocycles. The third-order valence-corrected chi connectivity index (χ3v) is 5.95. The molecule has 8 heteroatoms. The topological polar surface area (TPSA) is 86.0 Å². The Morgan fingerprint density at radius 2 is 1.76 bits per heavy atom. The molecule has 0 unspecified atom stereocenters. The summed E-state index contributed by atoms with van der Waals surface area (Å²) in [5, 5.41) is 19.8. The van der Waals surface area contributed by atoms with E-state index in [0.29, 0.717) is 42.6 Å². The molecule has 7 nitrogen and oxygen atoms in total. The maximum atomic E-state index is 13.8. The molecule has 2 N–H and O–H groups in total. The first-order valence-electron chi connectivity index (χ1n) is 10.8. The minimum Gasteiger partial charge on any atom is -0.480 e. The van der Waals surface area contributed by atoms with Crippen molar-refractivity contribution in [2.24, 2.45) is 0 Å². The van der Waals surface area contributed by atoms with Crippen molar-refractivity contribution in [3.63, 3.8) is 0 Å². The fourth-order valence-corrected chi connectivity index (χ4v) is 4.38. The number of carboxylic acids is 2. The van der Waals surface area contributed by atoms with Gasteiger partial charge in [-0.05, 0) is 23.8 Å². The molecule has 2 heterocycles. The van der Waals surface area contributed by atoms with E-state index in [4.69, 9.17) is 0 Å². The molecule has 172 valence electrons. The molecule has 0 radical (unpaired) electrons. The number of fused-ring (bicyclic) bond motifs is 1. The number of rotatable bonds is 8. The normalized spacial score (nSPS) is 16.4. The smallest absolute Gasteiger partial charge is 0.325 e. The molecule has 33 heavy (non-hydrogen) atoms. The van der Waals surface area contributed by atoms with Crippen molar-refractivity contribution in [1.29, 1.82) is 0 Å². The molecule has 0 aliphatic carbocycles. The van der Waals surface area contributed by atoms with Gasteiger partial charge in [0.1, 0.15) is 18.4 Å². The fourth-order valence-electron chi connectivity index (χ4n) is 4.38. The second-order valence-corrected chi connectivity index (χ2v) is 8.16. The number of hydrogen-bond donors (Lipinski definition) is 2. The van der Waals surface area contributed by atoms with Crippen LogP contribution in [0.15, 0.2) is 60.8 Å². The van der Waals surface area contributed by atoms with Crippen LogP contribution in [0.3, 0.4) is 0 Å². The minimum atomic E-state index is -1.08. The summed E-state index contributed by atoms with van der Waals surface area (Å²) in [6.07, 6.45) is 5.71. The monoisotopic (exact) mass is 451 g/mol. The van der Waals surface area contributed by atoms with Crippen molar-refractivity contribution in [2.75, 3.05) is 32.7 Å². The highest BCUT2D eigenvalue weighted by atomic mass is 19.1. The number of carbonyl (C=O) groups is 2. The summed E-state index contributed by atoms with van der Waals surface area (Å²) in [4.78, 5) is 27.7. The molecule has 1 aromatic heterocycles. The Hall–Kier alpha value is -3.49. The van der Waals surface area contributed by atoms with Crippen molar-refractivity contribution >= 4 is 28.9 Å². The highest BCUT2D eigenvalue weighted by molar-refractivity contribution is 5.90. The van der Waals surface area contributed by atoms with Gasteiger partial charge >= 0.3 is 11.9 Å². The molecule has 3 aromatic rings. The van der Waals surface area contributed by atoms with E-state index >= 15 is 0 Å². The van der Waals surface area contributed by atoms with Crippen LogP contribution in [0.25, 0.3) is 17.0 Å². The third kappa shape index (κ3) is 5.30. The van der Waals surface area contributed by atoms with Crippen LogP contribution >= 0.6 is 0 Å². The standard InChI is InChI=1S/C25H26FN3O4/c26-19-8-9-20-21(16-29(17-23(30)31)22(20)15-19)24(25(32)33)28-13-11-27(12-14-28)10-4-7-18-5-2-1-3-6-18/h1-9,15-16,24H,10-14,17H2,(H,30,31)(H,32,33)/b7-4+/t24-/m1/s1. The number of hydrogen-bond acceptors (Lipinski definition) is 4. The molecule has 0 bridgehead atoms. The Labute approximate surface area is 191 Å². The Morgan fingerprint density at radius 1 is 1.03 bits per heavy atom. The molecule has 1 atom stereocenters. The Kier molecular flexibility index (Phi) is 6.86. The number of halogens is 1. The predicted octanol–water partition coefficient (Wildman–Crippen LogP) is 3.32. The van der Waals surface area contributed by atoms with Gasteiger partial charge in [0, 0.05) is 49.9 Å². The van der Waals surface area contributed by atoms with Crippen LogP contribution in [0.1, 0.15) is 17.2 Å². The zero-order valence-corrected chi connectivity index (χ0v) is 18.1. The Balaban J connectivity index is 1.50. The summed E-state index contributed by atoms with van der Waals surface area (Å²) in [6.45, 7) is 2.95. The van der Waals surface area contributed by atoms with Crippen molar-refractivity contribution in [1.82, 2.24) is 14.4 Å². The molecule has 1 aliphatic heterocycles. The lowest BCUT2D eigenvalue weighted by molar-refractivity contribution is -0.144. The quantitative estimate of drug-likeness (QED) is 0.547. The van der Waals surface area contributed by atoms with Gasteiger partial charge in [-0.25, -0.2) is 4.39 Å². The van der Waals surface area contributed by atoms with Gasteiger partial charge < -0.3 is 14.8 Å². The van der Waals surface area contributed by atoms with Crippen molar-refractivity contribution in [2.45, 2.75) is 12.6 Å². The molecule has 1 fully saturated rings. The van der Waals surface area contributed by atoms with Crippen molar-refractivity contribution in [3.05, 3.63) is 77.7 Å². The van der Waals surface area contributed by atoms with E-state index in [-0.39, 0.29) is 6.54 Å². The number of nitrogens with zero attached hydrogens (tertiary/aromatic N) is 3. The van der Waals surface area contributed by atoms with Gasteiger partial charge in [0.2, 0.25) is 0 Å². The summed E-state index contributed by atoms with van der Waals surface area (Å²) in [6, 6.07) is 13.2. The largest absolute Gasteiger partial charge is 0.480 e. The van der Waals surface area contributed by atoms with Gasteiger partial charge in [0.25, 0.3) is 0 Å². The number of aromatic nitrogens is 1. The van der Waals surface area contributed by atoms with Gasteiger partial charge in [-0.15, -0.1) is 0 Å². The van der Waals surface area contributed by atoms with E-state index in [1.165, 1.54) is 29.0 Å². The molecular weight excluding hydrogens is 425 g/mol. The first-order valence-corrected chi connectivity index (χ1v) is 10.8. The van der Waals surface area contributed by atoms with Gasteiger partial charge in [0.15, 0.2) is 0 Å². The van der Waals surface area contributed by atoms with Crippen LogP contribution in [0.4, 0.5) is 4.39 Å². The number of carboxylic acid groups (broad SMARTS) is 2. The molecule has 0 spiro atoms. The maximum Gasteiger partial charge on any atom is 0.325 e. The van der Waals surface area contributed by atoms with E-state index in [2.05, 4.69) is 17.1 Å². The summed E-state index contributed by atoms with van der Waals surface area (Å²) in [5.74, 6) is -2.58. The van der Waals surface area contributed by atoms with Crippen molar-refractivity contribution < 1.29 is 24.2 Å². The van der Waals surface area contributed by atoms with Gasteiger partial charge in [-0.3, -0.25) is 19.4 Å². The first kappa shape index (κ1) is 22.7. The average Bonchev–Trinajstić information content (AvgIpc) is 3.12. The molecule has 0 amide bonds. The van der Waals surface area contributed by atoms with E-state index in [1.54, 1.807) is 0 Å². The molecular formula is C25H26FN3O4. The highest BCUT2D eigenvalue weighted by Gasteiger charge is 2.32. The van der Waals surface area contributed by atoms with Gasteiger partial charge in [0.05, 0.1) is 5.52 Å². The van der Waals surface area contributed by atoms with E-state index < -0.39 is 23.8 Å². The third-order valence-electron chi connectivity index (χ3n) is 5.95. The van der Waals surface area contributed by atoms with E-state index in [9.17, 15) is 24.2 Å². The van der Waals surface area contributed by atoms with Crippen LogP contribution in [-0.2, 0) is 16.1 Å². The minimum absolute atomic E-state index is 0.367. The van der Waals surface area contributed by atoms with Crippen LogP contribution in [0.5, 0.6) is 0 Å². The van der Waals surface area contributed by atoms with Crippen LogP contribution in [0.2, 0.25) is 0 Å². The molecule has 1 aliphatic rings. The van der Waals surface area contributed by atoms with Gasteiger partial charge in [-0.2, -0.15) is 0 Å². The predicted molar refractivity (Wildman–Crippen MR) is 123 cm³/mol. The average molecular weight is 451 g/mol. The maximum absolute atomic E-state index is 13.8. The van der Waals surface area contributed by atoms with Crippen LogP contribution in [-0.4, -0.2) is 69.2 Å². The highest BCUT2D eigenvalue weighted by Crippen LogP contribution is 2.32. The van der Waals surface area contributed by atoms with Crippen molar-refractivity contribution in [3.8, 4) is 0 Å². The fraction of sp³-hybridized carbons (Fsp3) is 0.280. The van der Waals surface area contributed by atoms with Gasteiger partial charge in [-0.1, -0.05) is 42.5 Å². The molecule has 4 rings (SSSR count). The van der Waals surface area contributed by atoms with Crippen LogP contribution in [0, 0.1) is 5.82 Å². The first-order chi connectivity index (χ1) is 15.9. The second kappa shape index (κ2) is 9.97. The summed E-state index contributed by atoms with van der Waals surface area (Å²) < 4.78 is 15.2. The SMILES string of the molecule is O=C(O)Cn1cc([C@H](C(=O)O)N2CCN(C/C=C/c3ccccc3)CC2)c2ccc(F)cc21. The molecule has 0 saturated carbocycles. The lowest BCUT2D eigenvalue weighted by atomic mass is 10.0. The zero-order valence-electron chi connectivity index (χ0n) is 18.1. The van der Waals surface area contributed by atoms with E-state index in [0.717, 1.165) is 12.1 Å². The lowest BCUT2D eigenvalue weighted by Crippen LogP contribution is -2.49. The van der Waals surface area contributed by atoms with E-state index in [1.807, 2.05) is 35.2 Å².